The summed E-state index contributed by atoms with van der Waals surface area (Å²) < 4.78 is 17.0. The maximum Gasteiger partial charge on any atom is 0.271 e. The summed E-state index contributed by atoms with van der Waals surface area (Å²) >= 11 is 12.0. The molecule has 0 saturated heterocycles. The van der Waals surface area contributed by atoms with E-state index >= 15 is 0 Å². The summed E-state index contributed by atoms with van der Waals surface area (Å²) in [4.78, 5) is 12.3. The summed E-state index contributed by atoms with van der Waals surface area (Å²) in [7, 11) is 0. The molecular formula is C25H24Cl2N2O4. The summed E-state index contributed by atoms with van der Waals surface area (Å²) in [6, 6.07) is 17.6. The van der Waals surface area contributed by atoms with Crippen LogP contribution in [0.1, 0.15) is 35.3 Å². The Labute approximate surface area is 203 Å². The lowest BCUT2D eigenvalue weighted by atomic mass is 10.2. The molecule has 3 aromatic carbocycles. The second-order valence-electron chi connectivity index (χ2n) is 6.83. The smallest absolute Gasteiger partial charge is 0.271 e. The third-order valence-corrected chi connectivity index (χ3v) is 5.19. The maximum absolute atomic E-state index is 12.3. The lowest BCUT2D eigenvalue weighted by molar-refractivity contribution is 0.0955. The molecule has 0 saturated carbocycles. The largest absolute Gasteiger partial charge is 0.494 e. The van der Waals surface area contributed by atoms with Crippen LogP contribution in [0.3, 0.4) is 0 Å². The Balaban J connectivity index is 1.63. The van der Waals surface area contributed by atoms with E-state index in [2.05, 4.69) is 10.5 Å². The molecule has 0 aliphatic rings. The Bertz CT molecular complexity index is 1120. The van der Waals surface area contributed by atoms with Crippen LogP contribution in [-0.4, -0.2) is 25.3 Å². The summed E-state index contributed by atoms with van der Waals surface area (Å²) in [6.45, 7) is 5.14. The number of halogens is 2. The van der Waals surface area contributed by atoms with E-state index in [0.29, 0.717) is 52.7 Å². The minimum atomic E-state index is -0.319. The number of benzene rings is 3. The Morgan fingerprint density at radius 3 is 2.33 bits per heavy atom. The van der Waals surface area contributed by atoms with Gasteiger partial charge in [0.05, 0.1) is 29.5 Å². The van der Waals surface area contributed by atoms with Crippen LogP contribution < -0.4 is 19.6 Å². The number of hydrazone groups is 1. The van der Waals surface area contributed by atoms with Crippen molar-refractivity contribution in [3.63, 3.8) is 0 Å². The second-order valence-corrected chi connectivity index (χ2v) is 7.65. The highest BCUT2D eigenvalue weighted by Gasteiger charge is 2.08. The van der Waals surface area contributed by atoms with Crippen LogP contribution in [0.2, 0.25) is 10.0 Å². The highest BCUT2D eigenvalue weighted by atomic mass is 35.5. The third-order valence-electron chi connectivity index (χ3n) is 4.45. The number of carbonyl (C=O) groups is 1. The van der Waals surface area contributed by atoms with Crippen molar-refractivity contribution >= 4 is 35.3 Å². The topological polar surface area (TPSA) is 69.2 Å². The lowest BCUT2D eigenvalue weighted by Crippen LogP contribution is -2.17. The maximum atomic E-state index is 12.3. The predicted octanol–water partition coefficient (Wildman–Crippen LogP) is 6.13. The molecule has 0 heterocycles. The summed E-state index contributed by atoms with van der Waals surface area (Å²) in [5.74, 6) is 1.54. The van der Waals surface area contributed by atoms with E-state index in [1.165, 1.54) is 6.21 Å². The van der Waals surface area contributed by atoms with Gasteiger partial charge in [0.2, 0.25) is 0 Å². The van der Waals surface area contributed by atoms with Crippen LogP contribution in [0.25, 0.3) is 0 Å². The Hall–Kier alpha value is -3.22. The van der Waals surface area contributed by atoms with Crippen molar-refractivity contribution in [3.05, 3.63) is 87.4 Å². The van der Waals surface area contributed by atoms with Crippen molar-refractivity contribution in [1.29, 1.82) is 0 Å². The van der Waals surface area contributed by atoms with Gasteiger partial charge in [-0.15, -0.1) is 0 Å². The quantitative estimate of drug-likeness (QED) is 0.276. The molecule has 8 heteroatoms. The lowest BCUT2D eigenvalue weighted by Gasteiger charge is -2.13. The van der Waals surface area contributed by atoms with Gasteiger partial charge in [-0.25, -0.2) is 5.43 Å². The first-order valence-electron chi connectivity index (χ1n) is 10.4. The van der Waals surface area contributed by atoms with Gasteiger partial charge in [0.25, 0.3) is 5.91 Å². The molecule has 1 N–H and O–H groups in total. The van der Waals surface area contributed by atoms with Crippen LogP contribution in [-0.2, 0) is 6.61 Å². The SMILES string of the molecule is CCOc1ccc(C(=O)N/N=C/c2ccc(OCc3ccc(Cl)c(Cl)c3)c(OCC)c2)cc1. The van der Waals surface area contributed by atoms with Gasteiger partial charge in [0, 0.05) is 5.56 Å². The molecule has 0 radical (unpaired) electrons. The number of ether oxygens (including phenoxy) is 3. The van der Waals surface area contributed by atoms with Gasteiger partial charge in [-0.3, -0.25) is 4.79 Å². The van der Waals surface area contributed by atoms with Crippen LogP contribution in [0.15, 0.2) is 65.8 Å². The molecule has 0 unspecified atom stereocenters. The zero-order chi connectivity index (χ0) is 23.6. The molecule has 0 spiro atoms. The first-order chi connectivity index (χ1) is 16.0. The van der Waals surface area contributed by atoms with Crippen molar-refractivity contribution in [2.75, 3.05) is 13.2 Å². The molecule has 3 rings (SSSR count). The Morgan fingerprint density at radius 1 is 0.879 bits per heavy atom. The molecule has 0 aliphatic carbocycles. The standard InChI is InChI=1S/C25H24Cl2N2O4/c1-3-31-20-9-7-19(8-10-20)25(30)29-28-15-17-6-12-23(24(14-17)32-4-2)33-16-18-5-11-21(26)22(27)13-18/h5-15H,3-4,16H2,1-2H3,(H,29,30)/b28-15+. The van der Waals surface area contributed by atoms with E-state index in [9.17, 15) is 4.79 Å². The average molecular weight is 487 g/mol. The minimum Gasteiger partial charge on any atom is -0.494 e. The summed E-state index contributed by atoms with van der Waals surface area (Å²) in [5, 5.41) is 5.01. The number of nitrogens with zero attached hydrogens (tertiary/aromatic N) is 1. The van der Waals surface area contributed by atoms with Crippen LogP contribution in [0.4, 0.5) is 0 Å². The number of carbonyl (C=O) groups excluding carboxylic acids is 1. The van der Waals surface area contributed by atoms with Gasteiger partial charge in [-0.05, 0) is 79.6 Å². The van der Waals surface area contributed by atoms with E-state index in [4.69, 9.17) is 37.4 Å². The number of hydrogen-bond donors (Lipinski definition) is 1. The number of rotatable bonds is 10. The fourth-order valence-electron chi connectivity index (χ4n) is 2.88. The van der Waals surface area contributed by atoms with Crippen molar-refractivity contribution in [3.8, 4) is 17.2 Å². The van der Waals surface area contributed by atoms with Crippen molar-refractivity contribution < 1.29 is 19.0 Å². The number of nitrogens with one attached hydrogen (secondary N) is 1. The molecule has 0 atom stereocenters. The van der Waals surface area contributed by atoms with E-state index in [1.54, 1.807) is 48.5 Å². The molecule has 0 aliphatic heterocycles. The van der Waals surface area contributed by atoms with Crippen molar-refractivity contribution in [2.45, 2.75) is 20.5 Å². The Morgan fingerprint density at radius 2 is 1.64 bits per heavy atom. The fourth-order valence-corrected chi connectivity index (χ4v) is 3.20. The summed E-state index contributed by atoms with van der Waals surface area (Å²) in [6.07, 6.45) is 1.54. The van der Waals surface area contributed by atoms with Gasteiger partial charge in [-0.2, -0.15) is 5.10 Å². The molecule has 33 heavy (non-hydrogen) atoms. The fraction of sp³-hybridized carbons (Fsp3) is 0.200. The molecule has 3 aromatic rings. The van der Waals surface area contributed by atoms with Crippen molar-refractivity contribution in [2.24, 2.45) is 5.10 Å². The van der Waals surface area contributed by atoms with Gasteiger partial charge in [0.1, 0.15) is 12.4 Å². The molecular weight excluding hydrogens is 463 g/mol. The van der Waals surface area contributed by atoms with E-state index in [0.717, 1.165) is 11.1 Å². The van der Waals surface area contributed by atoms with Gasteiger partial charge in [-0.1, -0.05) is 29.3 Å². The van der Waals surface area contributed by atoms with Crippen LogP contribution >= 0.6 is 23.2 Å². The Kier molecular flexibility index (Phi) is 8.98. The minimum absolute atomic E-state index is 0.308. The molecule has 172 valence electrons. The molecule has 0 aromatic heterocycles. The predicted molar refractivity (Wildman–Crippen MR) is 131 cm³/mol. The van der Waals surface area contributed by atoms with Gasteiger partial charge in [0.15, 0.2) is 11.5 Å². The summed E-state index contributed by atoms with van der Waals surface area (Å²) in [5.41, 5.74) is 4.63. The second kappa shape index (κ2) is 12.1. The number of amides is 1. The van der Waals surface area contributed by atoms with Crippen LogP contribution in [0, 0.1) is 0 Å². The average Bonchev–Trinajstić information content (AvgIpc) is 2.81. The van der Waals surface area contributed by atoms with Crippen LogP contribution in [0.5, 0.6) is 17.2 Å². The first kappa shape index (κ1) is 24.4. The third kappa shape index (κ3) is 7.14. The highest BCUT2D eigenvalue weighted by Crippen LogP contribution is 2.30. The molecule has 1 amide bonds. The zero-order valence-corrected chi connectivity index (χ0v) is 19.8. The zero-order valence-electron chi connectivity index (χ0n) is 18.3. The van der Waals surface area contributed by atoms with E-state index < -0.39 is 0 Å². The normalized spacial score (nSPS) is 10.8. The number of hydrogen-bond acceptors (Lipinski definition) is 5. The molecule has 6 nitrogen and oxygen atoms in total. The van der Waals surface area contributed by atoms with E-state index in [-0.39, 0.29) is 5.91 Å². The van der Waals surface area contributed by atoms with Crippen molar-refractivity contribution in [1.82, 2.24) is 5.43 Å². The van der Waals surface area contributed by atoms with E-state index in [1.807, 2.05) is 26.0 Å². The highest BCUT2D eigenvalue weighted by molar-refractivity contribution is 6.42. The molecule has 0 fully saturated rings. The monoisotopic (exact) mass is 486 g/mol. The van der Waals surface area contributed by atoms with Gasteiger partial charge < -0.3 is 14.2 Å². The molecule has 0 bridgehead atoms. The van der Waals surface area contributed by atoms with Gasteiger partial charge >= 0.3 is 0 Å². The first-order valence-corrected chi connectivity index (χ1v) is 11.2.